The van der Waals surface area contributed by atoms with Crippen LogP contribution in [0.3, 0.4) is 0 Å². The molecule has 1 fully saturated rings. The molecule has 0 aliphatic carbocycles. The van der Waals surface area contributed by atoms with Crippen LogP contribution in [0.1, 0.15) is 34.8 Å². The van der Waals surface area contributed by atoms with Gasteiger partial charge in [-0.2, -0.15) is 0 Å². The number of nitrogens with one attached hydrogen (secondary N) is 2. The molecule has 2 aromatic carbocycles. The fourth-order valence-electron chi connectivity index (χ4n) is 3.14. The van der Waals surface area contributed by atoms with Gasteiger partial charge in [0.05, 0.1) is 6.04 Å². The zero-order valence-corrected chi connectivity index (χ0v) is 13.7. The lowest BCUT2D eigenvalue weighted by Crippen LogP contribution is -2.38. The number of carbonyl (C=O) groups excluding carboxylic acids is 1. The summed E-state index contributed by atoms with van der Waals surface area (Å²) in [6.07, 6.45) is 2.14. The third-order valence-electron chi connectivity index (χ3n) is 4.41. The molecule has 3 rings (SSSR count). The minimum absolute atomic E-state index is 0.0430. The minimum Gasteiger partial charge on any atom is -0.345 e. The molecule has 1 aliphatic rings. The van der Waals surface area contributed by atoms with Gasteiger partial charge in [-0.25, -0.2) is 0 Å². The summed E-state index contributed by atoms with van der Waals surface area (Å²) in [5.41, 5.74) is 1.81. The molecule has 0 bridgehead atoms. The van der Waals surface area contributed by atoms with E-state index in [2.05, 4.69) is 22.8 Å². The van der Waals surface area contributed by atoms with Gasteiger partial charge in [0.1, 0.15) is 0 Å². The Hall–Kier alpha value is -1.84. The fraction of sp³-hybridized carbons (Fsp3) is 0.316. The quantitative estimate of drug-likeness (QED) is 0.896. The van der Waals surface area contributed by atoms with E-state index in [-0.39, 0.29) is 11.9 Å². The Kier molecular flexibility index (Phi) is 5.31. The maximum atomic E-state index is 12.6. The Morgan fingerprint density at radius 1 is 1.04 bits per heavy atom. The van der Waals surface area contributed by atoms with Crippen LogP contribution in [0.2, 0.25) is 5.02 Å². The van der Waals surface area contributed by atoms with Crippen LogP contribution in [-0.4, -0.2) is 19.0 Å². The van der Waals surface area contributed by atoms with Crippen molar-refractivity contribution >= 4 is 17.5 Å². The van der Waals surface area contributed by atoms with Crippen molar-refractivity contribution in [2.75, 3.05) is 13.1 Å². The van der Waals surface area contributed by atoms with E-state index in [1.54, 1.807) is 24.3 Å². The van der Waals surface area contributed by atoms with Gasteiger partial charge >= 0.3 is 0 Å². The first-order valence-corrected chi connectivity index (χ1v) is 8.44. The standard InChI is InChI=1S/C19H21ClN2O/c20-17-8-6-16(7-9-17)19(23)22-18(14-4-2-1-3-5-14)15-10-12-21-13-11-15/h1-9,15,18,21H,10-13H2,(H,22,23)/t18-/m1/s1. The summed E-state index contributed by atoms with van der Waals surface area (Å²) in [4.78, 5) is 12.6. The Labute approximate surface area is 142 Å². The van der Waals surface area contributed by atoms with Gasteiger partial charge in [0, 0.05) is 10.6 Å². The molecule has 23 heavy (non-hydrogen) atoms. The van der Waals surface area contributed by atoms with Crippen LogP contribution in [0, 0.1) is 5.92 Å². The van der Waals surface area contributed by atoms with E-state index >= 15 is 0 Å². The van der Waals surface area contributed by atoms with Crippen LogP contribution in [0.5, 0.6) is 0 Å². The Morgan fingerprint density at radius 2 is 1.70 bits per heavy atom. The third-order valence-corrected chi connectivity index (χ3v) is 4.66. The average molecular weight is 329 g/mol. The highest BCUT2D eigenvalue weighted by Crippen LogP contribution is 2.29. The largest absolute Gasteiger partial charge is 0.345 e. The van der Waals surface area contributed by atoms with Crippen molar-refractivity contribution in [3.63, 3.8) is 0 Å². The number of rotatable bonds is 4. The molecule has 0 spiro atoms. The number of piperidine rings is 1. The molecular weight excluding hydrogens is 308 g/mol. The van der Waals surface area contributed by atoms with Crippen molar-refractivity contribution in [2.45, 2.75) is 18.9 Å². The maximum absolute atomic E-state index is 12.6. The van der Waals surface area contributed by atoms with E-state index in [1.165, 1.54) is 5.56 Å². The van der Waals surface area contributed by atoms with Crippen LogP contribution < -0.4 is 10.6 Å². The highest BCUT2D eigenvalue weighted by molar-refractivity contribution is 6.30. The molecule has 0 saturated carbocycles. The summed E-state index contributed by atoms with van der Waals surface area (Å²) in [5.74, 6) is 0.406. The van der Waals surface area contributed by atoms with Crippen LogP contribution in [-0.2, 0) is 0 Å². The predicted molar refractivity (Wildman–Crippen MR) is 93.7 cm³/mol. The third kappa shape index (κ3) is 4.12. The molecule has 0 aromatic heterocycles. The molecule has 120 valence electrons. The molecule has 0 unspecified atom stereocenters. The zero-order chi connectivity index (χ0) is 16.1. The van der Waals surface area contributed by atoms with E-state index in [9.17, 15) is 4.79 Å². The highest BCUT2D eigenvalue weighted by atomic mass is 35.5. The SMILES string of the molecule is O=C(N[C@H](c1ccccc1)C1CCNCC1)c1ccc(Cl)cc1. The fourth-order valence-corrected chi connectivity index (χ4v) is 3.26. The Bertz CT molecular complexity index is 636. The number of hydrogen-bond donors (Lipinski definition) is 2. The lowest BCUT2D eigenvalue weighted by Gasteiger charge is -2.31. The first kappa shape index (κ1) is 16.0. The minimum atomic E-state index is -0.0472. The monoisotopic (exact) mass is 328 g/mol. The Balaban J connectivity index is 1.80. The summed E-state index contributed by atoms with van der Waals surface area (Å²) < 4.78 is 0. The second kappa shape index (κ2) is 7.62. The maximum Gasteiger partial charge on any atom is 0.251 e. The van der Waals surface area contributed by atoms with E-state index < -0.39 is 0 Å². The number of halogens is 1. The second-order valence-corrected chi connectivity index (χ2v) is 6.39. The van der Waals surface area contributed by atoms with E-state index in [4.69, 9.17) is 11.6 Å². The predicted octanol–water partition coefficient (Wildman–Crippen LogP) is 3.81. The zero-order valence-electron chi connectivity index (χ0n) is 13.0. The lowest BCUT2D eigenvalue weighted by molar-refractivity contribution is 0.0914. The van der Waals surface area contributed by atoms with Gasteiger partial charge < -0.3 is 10.6 Å². The van der Waals surface area contributed by atoms with Gasteiger partial charge in [0.2, 0.25) is 0 Å². The van der Waals surface area contributed by atoms with Gasteiger partial charge in [-0.15, -0.1) is 0 Å². The number of amides is 1. The topological polar surface area (TPSA) is 41.1 Å². The summed E-state index contributed by atoms with van der Waals surface area (Å²) in [5, 5.41) is 7.25. The molecular formula is C19H21ClN2O. The van der Waals surface area contributed by atoms with Crippen molar-refractivity contribution in [1.29, 1.82) is 0 Å². The molecule has 3 nitrogen and oxygen atoms in total. The summed E-state index contributed by atoms with van der Waals surface area (Å²) in [6.45, 7) is 2.01. The van der Waals surface area contributed by atoms with E-state index in [0.717, 1.165) is 25.9 Å². The first-order chi connectivity index (χ1) is 11.2. The van der Waals surface area contributed by atoms with E-state index in [1.807, 2.05) is 18.2 Å². The molecule has 1 aliphatic heterocycles. The number of benzene rings is 2. The summed E-state index contributed by atoms with van der Waals surface area (Å²) >= 11 is 5.90. The summed E-state index contributed by atoms with van der Waals surface area (Å²) in [6, 6.07) is 17.3. The van der Waals surface area contributed by atoms with Gasteiger partial charge in [-0.1, -0.05) is 41.9 Å². The smallest absolute Gasteiger partial charge is 0.251 e. The normalized spacial score (nSPS) is 16.7. The molecule has 1 heterocycles. The van der Waals surface area contributed by atoms with Crippen molar-refractivity contribution < 1.29 is 4.79 Å². The average Bonchev–Trinajstić information content (AvgIpc) is 2.61. The highest BCUT2D eigenvalue weighted by Gasteiger charge is 2.26. The van der Waals surface area contributed by atoms with Crippen LogP contribution in [0.15, 0.2) is 54.6 Å². The molecule has 2 aromatic rings. The van der Waals surface area contributed by atoms with Crippen molar-refractivity contribution in [2.24, 2.45) is 5.92 Å². The number of carbonyl (C=O) groups is 1. The van der Waals surface area contributed by atoms with Crippen LogP contribution in [0.4, 0.5) is 0 Å². The number of hydrogen-bond acceptors (Lipinski definition) is 2. The summed E-state index contributed by atoms with van der Waals surface area (Å²) in [7, 11) is 0. The van der Waals surface area contributed by atoms with E-state index in [0.29, 0.717) is 16.5 Å². The van der Waals surface area contributed by atoms with Gasteiger partial charge in [0.15, 0.2) is 0 Å². The van der Waals surface area contributed by atoms with Gasteiger partial charge in [-0.3, -0.25) is 4.79 Å². The first-order valence-electron chi connectivity index (χ1n) is 8.06. The molecule has 1 atom stereocenters. The molecule has 1 amide bonds. The molecule has 0 radical (unpaired) electrons. The molecule has 4 heteroatoms. The van der Waals surface area contributed by atoms with Crippen molar-refractivity contribution in [3.05, 3.63) is 70.7 Å². The van der Waals surface area contributed by atoms with Crippen molar-refractivity contribution in [1.82, 2.24) is 10.6 Å². The second-order valence-electron chi connectivity index (χ2n) is 5.96. The van der Waals surface area contributed by atoms with Gasteiger partial charge in [0.25, 0.3) is 5.91 Å². The molecule has 1 saturated heterocycles. The lowest BCUT2D eigenvalue weighted by atomic mass is 9.85. The van der Waals surface area contributed by atoms with Crippen LogP contribution >= 0.6 is 11.6 Å². The Morgan fingerprint density at radius 3 is 2.35 bits per heavy atom. The van der Waals surface area contributed by atoms with Gasteiger partial charge in [-0.05, 0) is 61.7 Å². The van der Waals surface area contributed by atoms with Crippen LogP contribution in [0.25, 0.3) is 0 Å². The van der Waals surface area contributed by atoms with Crippen molar-refractivity contribution in [3.8, 4) is 0 Å². The molecule has 2 N–H and O–H groups in total.